The predicted molar refractivity (Wildman–Crippen MR) is 187 cm³/mol. The summed E-state index contributed by atoms with van der Waals surface area (Å²) in [5, 5.41) is 0. The molecule has 0 aromatic heterocycles. The Morgan fingerprint density at radius 2 is 0.840 bits per heavy atom. The number of hydrogen-bond acceptors (Lipinski definition) is 6. The molecule has 6 unspecified atom stereocenters. The van der Waals surface area contributed by atoms with Gasteiger partial charge in [-0.15, -0.1) is 0 Å². The quantitative estimate of drug-likeness (QED) is 0.177. The van der Waals surface area contributed by atoms with E-state index >= 15 is 0 Å². The van der Waals surface area contributed by atoms with Crippen LogP contribution in [-0.2, 0) is 19.2 Å². The zero-order valence-electron chi connectivity index (χ0n) is 27.2. The van der Waals surface area contributed by atoms with Gasteiger partial charge < -0.3 is 9.47 Å². The topological polar surface area (TPSA) is 93.2 Å². The molecule has 2 bridgehead atoms. The first-order valence-electron chi connectivity index (χ1n) is 17.3. The summed E-state index contributed by atoms with van der Waals surface area (Å²) in [4.78, 5) is 50.2. The van der Waals surface area contributed by atoms with Crippen molar-refractivity contribution in [3.05, 3.63) is 132 Å². The van der Waals surface area contributed by atoms with Gasteiger partial charge in [0.1, 0.15) is 23.0 Å². The summed E-state index contributed by atoms with van der Waals surface area (Å²) in [7, 11) is 0. The average Bonchev–Trinajstić information content (AvgIpc) is 3.96. The van der Waals surface area contributed by atoms with Gasteiger partial charge in [0.05, 0.1) is 11.4 Å². The molecule has 8 nitrogen and oxygen atoms in total. The summed E-state index contributed by atoms with van der Waals surface area (Å²) in [6.07, 6.45) is 10.2. The van der Waals surface area contributed by atoms with Gasteiger partial charge in [-0.3, -0.25) is 19.2 Å². The van der Waals surface area contributed by atoms with E-state index in [9.17, 15) is 19.2 Å². The van der Waals surface area contributed by atoms with E-state index in [0.29, 0.717) is 46.5 Å². The number of carbonyl (C=O) groups excluding carboxylic acids is 4. The van der Waals surface area contributed by atoms with E-state index in [0.717, 1.165) is 33.1 Å². The van der Waals surface area contributed by atoms with Crippen LogP contribution in [0.5, 0.6) is 23.0 Å². The Balaban J connectivity index is 0.840. The number of amides is 4. The van der Waals surface area contributed by atoms with Crippen molar-refractivity contribution in [3.8, 4) is 23.0 Å². The van der Waals surface area contributed by atoms with Gasteiger partial charge in [0.2, 0.25) is 0 Å². The molecule has 4 aromatic rings. The minimum atomic E-state index is -0.338. The standard InChI is InChI=1S/C42H34N2O6/c45-38-19-20-39(46)43(38)28-5-13-32(14-6-28)49-30-9-1-25(2-10-30)34-17-18-35-27-23-36(37(24-27)42(34)35)26-3-11-31(12-4-26)50-33-15-7-29(8-16-33)44-40(47)21-22-41(44)48/h1-16,19-22,27,34-37,42H,17-18,23-24H2. The largest absolute Gasteiger partial charge is 0.457 e. The third-order valence-electron chi connectivity index (χ3n) is 11.4. The van der Waals surface area contributed by atoms with Crippen LogP contribution in [0.2, 0.25) is 0 Å². The Bertz CT molecular complexity index is 2030. The molecule has 9 rings (SSSR count). The highest BCUT2D eigenvalue weighted by atomic mass is 16.5. The van der Waals surface area contributed by atoms with Crippen molar-refractivity contribution in [1.82, 2.24) is 0 Å². The molecule has 2 heterocycles. The molecule has 0 spiro atoms. The lowest BCUT2D eigenvalue weighted by molar-refractivity contribution is -0.121. The SMILES string of the molecule is O=C1C=CC(=O)N1c1ccc(Oc2ccc(C3CC4CC3C3C(c5ccc(Oc6ccc(N7C(=O)C=CC7=O)cc6)cc5)CCC43)cc2)cc1. The zero-order valence-corrected chi connectivity index (χ0v) is 27.2. The molecule has 3 fully saturated rings. The van der Waals surface area contributed by atoms with Crippen molar-refractivity contribution in [2.45, 2.75) is 37.5 Å². The monoisotopic (exact) mass is 662 g/mol. The van der Waals surface area contributed by atoms with E-state index in [-0.39, 0.29) is 23.6 Å². The van der Waals surface area contributed by atoms with Crippen molar-refractivity contribution in [1.29, 1.82) is 0 Å². The second-order valence-electron chi connectivity index (χ2n) is 13.9. The lowest BCUT2D eigenvalue weighted by Gasteiger charge is -2.35. The highest BCUT2D eigenvalue weighted by molar-refractivity contribution is 6.28. The number of benzene rings is 4. The summed E-state index contributed by atoms with van der Waals surface area (Å²) in [6, 6.07) is 31.1. The molecule has 248 valence electrons. The molecule has 0 N–H and O–H groups in total. The first-order valence-corrected chi connectivity index (χ1v) is 17.3. The van der Waals surface area contributed by atoms with Crippen molar-refractivity contribution < 1.29 is 28.7 Å². The van der Waals surface area contributed by atoms with Crippen LogP contribution >= 0.6 is 0 Å². The number of fused-ring (bicyclic) bond motifs is 5. The molecular weight excluding hydrogens is 628 g/mol. The molecular formula is C42H34N2O6. The van der Waals surface area contributed by atoms with E-state index < -0.39 is 0 Å². The highest BCUT2D eigenvalue weighted by Crippen LogP contribution is 2.67. The summed E-state index contributed by atoms with van der Waals surface area (Å²) in [6.45, 7) is 0. The number of carbonyl (C=O) groups is 4. The lowest BCUT2D eigenvalue weighted by atomic mass is 9.69. The third-order valence-corrected chi connectivity index (χ3v) is 11.4. The summed E-state index contributed by atoms with van der Waals surface area (Å²) in [5.41, 5.74) is 3.81. The van der Waals surface area contributed by atoms with Gasteiger partial charge in [0.15, 0.2) is 0 Å². The minimum Gasteiger partial charge on any atom is -0.457 e. The van der Waals surface area contributed by atoms with Gasteiger partial charge in [-0.2, -0.15) is 0 Å². The highest BCUT2D eigenvalue weighted by Gasteiger charge is 2.57. The Morgan fingerprint density at radius 3 is 1.28 bits per heavy atom. The molecule has 4 amide bonds. The number of hydrogen-bond donors (Lipinski definition) is 0. The van der Waals surface area contributed by atoms with Gasteiger partial charge in [0, 0.05) is 24.3 Å². The lowest BCUT2D eigenvalue weighted by Crippen LogP contribution is -2.29. The molecule has 2 aliphatic heterocycles. The van der Waals surface area contributed by atoms with Crippen molar-refractivity contribution in [3.63, 3.8) is 0 Å². The zero-order chi connectivity index (χ0) is 33.9. The third kappa shape index (κ3) is 5.23. The van der Waals surface area contributed by atoms with Gasteiger partial charge in [0.25, 0.3) is 23.6 Å². The molecule has 5 aliphatic rings. The van der Waals surface area contributed by atoms with E-state index in [1.54, 1.807) is 48.5 Å². The number of anilines is 2. The first-order chi connectivity index (χ1) is 24.4. The summed E-state index contributed by atoms with van der Waals surface area (Å²) < 4.78 is 12.2. The first kappa shape index (κ1) is 30.3. The van der Waals surface area contributed by atoms with Crippen LogP contribution in [0.1, 0.15) is 48.6 Å². The molecule has 0 saturated heterocycles. The normalized spacial score (nSPS) is 26.4. The van der Waals surface area contributed by atoms with Gasteiger partial charge in [-0.25, -0.2) is 9.80 Å². The van der Waals surface area contributed by atoms with Crippen LogP contribution in [0.3, 0.4) is 0 Å². The Kier molecular flexibility index (Phi) is 7.26. The minimum absolute atomic E-state index is 0.338. The fourth-order valence-electron chi connectivity index (χ4n) is 9.35. The average molecular weight is 663 g/mol. The fourth-order valence-corrected chi connectivity index (χ4v) is 9.35. The Hall–Kier alpha value is -5.76. The molecule has 0 radical (unpaired) electrons. The Labute approximate surface area is 289 Å². The second kappa shape index (κ2) is 12.0. The maximum absolute atomic E-state index is 12.0. The van der Waals surface area contributed by atoms with Crippen LogP contribution < -0.4 is 19.3 Å². The summed E-state index contributed by atoms with van der Waals surface area (Å²) in [5.74, 6) is 5.47. The van der Waals surface area contributed by atoms with E-state index in [1.807, 2.05) is 24.3 Å². The van der Waals surface area contributed by atoms with E-state index in [1.165, 1.54) is 61.1 Å². The van der Waals surface area contributed by atoms with Crippen LogP contribution in [0.15, 0.2) is 121 Å². The Morgan fingerprint density at radius 1 is 0.440 bits per heavy atom. The smallest absolute Gasteiger partial charge is 0.258 e. The molecule has 50 heavy (non-hydrogen) atoms. The van der Waals surface area contributed by atoms with Crippen molar-refractivity contribution in [2.75, 3.05) is 9.80 Å². The second-order valence-corrected chi connectivity index (χ2v) is 13.9. The van der Waals surface area contributed by atoms with Gasteiger partial charge in [-0.05, 0) is 145 Å². The molecule has 8 heteroatoms. The molecule has 3 aliphatic carbocycles. The van der Waals surface area contributed by atoms with Crippen LogP contribution in [0.25, 0.3) is 0 Å². The number of imide groups is 2. The van der Waals surface area contributed by atoms with Crippen LogP contribution in [0, 0.1) is 23.7 Å². The predicted octanol–water partition coefficient (Wildman–Crippen LogP) is 8.06. The number of nitrogens with zero attached hydrogens (tertiary/aromatic N) is 2. The maximum Gasteiger partial charge on any atom is 0.258 e. The van der Waals surface area contributed by atoms with E-state index in [4.69, 9.17) is 9.47 Å². The van der Waals surface area contributed by atoms with Gasteiger partial charge >= 0.3 is 0 Å². The van der Waals surface area contributed by atoms with Crippen LogP contribution in [0.4, 0.5) is 11.4 Å². The molecule has 4 aromatic carbocycles. The van der Waals surface area contributed by atoms with Crippen LogP contribution in [-0.4, -0.2) is 23.6 Å². The maximum atomic E-state index is 12.0. The summed E-state index contributed by atoms with van der Waals surface area (Å²) >= 11 is 0. The van der Waals surface area contributed by atoms with E-state index in [2.05, 4.69) is 24.3 Å². The van der Waals surface area contributed by atoms with Crippen molar-refractivity contribution in [2.24, 2.45) is 23.7 Å². The fraction of sp³-hybridized carbons (Fsp3) is 0.238. The van der Waals surface area contributed by atoms with Gasteiger partial charge in [-0.1, -0.05) is 24.3 Å². The molecule has 3 saturated carbocycles. The van der Waals surface area contributed by atoms with Crippen molar-refractivity contribution >= 4 is 35.0 Å². The molecule has 6 atom stereocenters. The number of ether oxygens (including phenoxy) is 2. The number of rotatable bonds is 8.